The molecule has 0 saturated heterocycles. The van der Waals surface area contributed by atoms with Crippen LogP contribution >= 0.6 is 11.3 Å². The van der Waals surface area contributed by atoms with E-state index in [0.29, 0.717) is 6.54 Å². The van der Waals surface area contributed by atoms with Crippen molar-refractivity contribution in [3.05, 3.63) is 10.6 Å². The Bertz CT molecular complexity index is 299. The maximum atomic E-state index is 5.42. The summed E-state index contributed by atoms with van der Waals surface area (Å²) in [6, 6.07) is 0. The van der Waals surface area contributed by atoms with E-state index in [2.05, 4.69) is 38.0 Å². The molecule has 0 aliphatic rings. The summed E-state index contributed by atoms with van der Waals surface area (Å²) in [7, 11) is 0. The molecule has 80 valence electrons. The molecule has 0 amide bonds. The van der Waals surface area contributed by atoms with Gasteiger partial charge in [0.1, 0.15) is 0 Å². The van der Waals surface area contributed by atoms with Crippen LogP contribution in [0.5, 0.6) is 0 Å². The summed E-state index contributed by atoms with van der Waals surface area (Å²) in [5, 5.41) is 4.19. The van der Waals surface area contributed by atoms with Crippen molar-refractivity contribution < 1.29 is 0 Å². The first-order valence-corrected chi connectivity index (χ1v) is 5.68. The van der Waals surface area contributed by atoms with Crippen LogP contribution in [-0.2, 0) is 5.41 Å². The molecule has 0 radical (unpaired) electrons. The molecule has 0 aromatic carbocycles. The second-order valence-corrected chi connectivity index (χ2v) is 5.59. The molecule has 0 bridgehead atoms. The number of rotatable bonds is 3. The fourth-order valence-electron chi connectivity index (χ4n) is 1.35. The van der Waals surface area contributed by atoms with Gasteiger partial charge in [-0.1, -0.05) is 20.8 Å². The highest BCUT2D eigenvalue weighted by Crippen LogP contribution is 2.30. The summed E-state index contributed by atoms with van der Waals surface area (Å²) in [5.74, 6) is 0. The van der Waals surface area contributed by atoms with Gasteiger partial charge in [-0.25, -0.2) is 4.98 Å². The van der Waals surface area contributed by atoms with Crippen molar-refractivity contribution in [2.75, 3.05) is 18.4 Å². The van der Waals surface area contributed by atoms with Crippen molar-refractivity contribution in [1.82, 2.24) is 4.98 Å². The first kappa shape index (κ1) is 11.5. The Morgan fingerprint density at radius 3 is 2.50 bits per heavy atom. The van der Waals surface area contributed by atoms with Crippen LogP contribution in [0.1, 0.15) is 31.3 Å². The van der Waals surface area contributed by atoms with Gasteiger partial charge in [0.05, 0.1) is 5.69 Å². The van der Waals surface area contributed by atoms with E-state index in [1.54, 1.807) is 11.3 Å². The summed E-state index contributed by atoms with van der Waals surface area (Å²) >= 11 is 1.70. The smallest absolute Gasteiger partial charge is 0.183 e. The van der Waals surface area contributed by atoms with Crippen molar-refractivity contribution in [1.29, 1.82) is 0 Å². The number of anilines is 1. The first-order chi connectivity index (χ1) is 6.45. The SMILES string of the molecule is Cc1sc(NCCN)nc1C(C)(C)C. The molecule has 0 fully saturated rings. The van der Waals surface area contributed by atoms with Gasteiger partial charge in [-0.15, -0.1) is 11.3 Å². The van der Waals surface area contributed by atoms with Crippen LogP contribution in [0.15, 0.2) is 0 Å². The fourth-order valence-corrected chi connectivity index (χ4v) is 2.40. The minimum atomic E-state index is 0.128. The highest BCUT2D eigenvalue weighted by molar-refractivity contribution is 7.15. The quantitative estimate of drug-likeness (QED) is 0.808. The van der Waals surface area contributed by atoms with Gasteiger partial charge in [0.15, 0.2) is 5.13 Å². The molecule has 1 rings (SSSR count). The van der Waals surface area contributed by atoms with Gasteiger partial charge in [-0.05, 0) is 6.92 Å². The number of nitrogens with zero attached hydrogens (tertiary/aromatic N) is 1. The number of nitrogens with one attached hydrogen (secondary N) is 1. The van der Waals surface area contributed by atoms with E-state index in [-0.39, 0.29) is 5.41 Å². The molecular formula is C10H19N3S. The predicted octanol–water partition coefficient (Wildman–Crippen LogP) is 2.12. The van der Waals surface area contributed by atoms with Crippen LogP contribution in [0, 0.1) is 6.92 Å². The molecule has 0 saturated carbocycles. The number of aryl methyl sites for hydroxylation is 1. The minimum absolute atomic E-state index is 0.128. The van der Waals surface area contributed by atoms with Crippen LogP contribution < -0.4 is 11.1 Å². The highest BCUT2D eigenvalue weighted by Gasteiger charge is 2.20. The third-order valence-electron chi connectivity index (χ3n) is 1.93. The first-order valence-electron chi connectivity index (χ1n) is 4.87. The molecule has 0 aliphatic heterocycles. The average Bonchev–Trinajstić information content (AvgIpc) is 2.42. The van der Waals surface area contributed by atoms with Crippen molar-refractivity contribution in [3.8, 4) is 0 Å². The zero-order chi connectivity index (χ0) is 10.8. The van der Waals surface area contributed by atoms with Crippen molar-refractivity contribution in [2.45, 2.75) is 33.1 Å². The highest BCUT2D eigenvalue weighted by atomic mass is 32.1. The number of nitrogens with two attached hydrogens (primary N) is 1. The Balaban J connectivity index is 2.83. The molecule has 14 heavy (non-hydrogen) atoms. The third kappa shape index (κ3) is 2.69. The van der Waals surface area contributed by atoms with E-state index in [9.17, 15) is 0 Å². The Hall–Kier alpha value is -0.610. The average molecular weight is 213 g/mol. The Morgan fingerprint density at radius 1 is 1.43 bits per heavy atom. The second kappa shape index (κ2) is 4.28. The van der Waals surface area contributed by atoms with E-state index < -0.39 is 0 Å². The normalized spacial score (nSPS) is 11.8. The lowest BCUT2D eigenvalue weighted by Gasteiger charge is -2.16. The third-order valence-corrected chi connectivity index (χ3v) is 2.86. The lowest BCUT2D eigenvalue weighted by molar-refractivity contribution is 0.570. The summed E-state index contributed by atoms with van der Waals surface area (Å²) in [6.45, 7) is 10.1. The van der Waals surface area contributed by atoms with E-state index in [1.165, 1.54) is 10.6 Å². The maximum absolute atomic E-state index is 5.42. The Kier molecular flexibility index (Phi) is 3.50. The van der Waals surface area contributed by atoms with Crippen molar-refractivity contribution in [3.63, 3.8) is 0 Å². The zero-order valence-corrected chi connectivity index (χ0v) is 10.2. The Morgan fingerprint density at radius 2 is 2.07 bits per heavy atom. The van der Waals surface area contributed by atoms with Crippen LogP contribution in [0.2, 0.25) is 0 Å². The van der Waals surface area contributed by atoms with Gasteiger partial charge >= 0.3 is 0 Å². The number of hydrogen-bond acceptors (Lipinski definition) is 4. The standard InChI is InChI=1S/C10H19N3S/c1-7-8(10(2,3)4)13-9(14-7)12-6-5-11/h5-6,11H2,1-4H3,(H,12,13). The van der Waals surface area contributed by atoms with Crippen LogP contribution in [-0.4, -0.2) is 18.1 Å². The zero-order valence-electron chi connectivity index (χ0n) is 9.35. The van der Waals surface area contributed by atoms with Gasteiger partial charge in [0, 0.05) is 23.4 Å². The van der Waals surface area contributed by atoms with E-state index in [0.717, 1.165) is 11.7 Å². The van der Waals surface area contributed by atoms with E-state index >= 15 is 0 Å². The summed E-state index contributed by atoms with van der Waals surface area (Å²) in [5.41, 5.74) is 6.73. The van der Waals surface area contributed by atoms with Gasteiger partial charge in [-0.2, -0.15) is 0 Å². The molecule has 1 heterocycles. The van der Waals surface area contributed by atoms with Gasteiger partial charge < -0.3 is 11.1 Å². The number of aromatic nitrogens is 1. The molecule has 4 heteroatoms. The topological polar surface area (TPSA) is 50.9 Å². The lowest BCUT2D eigenvalue weighted by atomic mass is 9.92. The Labute approximate surface area is 89.7 Å². The molecule has 0 spiro atoms. The van der Waals surface area contributed by atoms with Gasteiger partial charge in [0.25, 0.3) is 0 Å². The number of thiazole rings is 1. The summed E-state index contributed by atoms with van der Waals surface area (Å²) in [6.07, 6.45) is 0. The lowest BCUT2D eigenvalue weighted by Crippen LogP contribution is -2.15. The van der Waals surface area contributed by atoms with Crippen LogP contribution in [0.4, 0.5) is 5.13 Å². The molecule has 3 N–H and O–H groups in total. The molecule has 0 aliphatic carbocycles. The van der Waals surface area contributed by atoms with Crippen molar-refractivity contribution in [2.24, 2.45) is 5.73 Å². The predicted molar refractivity (Wildman–Crippen MR) is 63.1 cm³/mol. The van der Waals surface area contributed by atoms with Gasteiger partial charge in [0.2, 0.25) is 0 Å². The van der Waals surface area contributed by atoms with Crippen LogP contribution in [0.3, 0.4) is 0 Å². The molecule has 1 aromatic heterocycles. The fraction of sp³-hybridized carbons (Fsp3) is 0.700. The summed E-state index contributed by atoms with van der Waals surface area (Å²) < 4.78 is 0. The number of hydrogen-bond donors (Lipinski definition) is 2. The molecule has 0 unspecified atom stereocenters. The van der Waals surface area contributed by atoms with E-state index in [1.807, 2.05) is 0 Å². The molecular weight excluding hydrogens is 194 g/mol. The van der Waals surface area contributed by atoms with Crippen molar-refractivity contribution >= 4 is 16.5 Å². The van der Waals surface area contributed by atoms with Gasteiger partial charge in [-0.3, -0.25) is 0 Å². The largest absolute Gasteiger partial charge is 0.360 e. The maximum Gasteiger partial charge on any atom is 0.183 e. The second-order valence-electron chi connectivity index (χ2n) is 4.39. The summed E-state index contributed by atoms with van der Waals surface area (Å²) in [4.78, 5) is 5.86. The molecule has 1 aromatic rings. The van der Waals surface area contributed by atoms with E-state index in [4.69, 9.17) is 5.73 Å². The molecule has 3 nitrogen and oxygen atoms in total. The molecule has 0 atom stereocenters. The van der Waals surface area contributed by atoms with Crippen LogP contribution in [0.25, 0.3) is 0 Å². The monoisotopic (exact) mass is 213 g/mol. The minimum Gasteiger partial charge on any atom is -0.360 e.